The minimum absolute atomic E-state index is 0.00815. The number of amides is 3. The van der Waals surface area contributed by atoms with E-state index in [2.05, 4.69) is 5.32 Å². The van der Waals surface area contributed by atoms with Crippen LogP contribution in [-0.4, -0.2) is 64.7 Å². The lowest BCUT2D eigenvalue weighted by Gasteiger charge is -2.34. The molecule has 0 bridgehead atoms. The maximum absolute atomic E-state index is 12.9. The minimum Gasteiger partial charge on any atom is -0.496 e. The number of anilines is 1. The first-order valence-electron chi connectivity index (χ1n) is 10.7. The lowest BCUT2D eigenvalue weighted by molar-refractivity contribution is -0.384. The number of ether oxygens (including phenoxy) is 1. The van der Waals surface area contributed by atoms with Crippen molar-refractivity contribution in [3.05, 3.63) is 28.3 Å². The summed E-state index contributed by atoms with van der Waals surface area (Å²) in [4.78, 5) is 52.2. The van der Waals surface area contributed by atoms with E-state index in [1.165, 1.54) is 19.2 Å². The molecule has 2 aliphatic rings. The molecule has 2 saturated heterocycles. The van der Waals surface area contributed by atoms with E-state index in [0.29, 0.717) is 38.2 Å². The van der Waals surface area contributed by atoms with Crippen LogP contribution in [0.4, 0.5) is 11.4 Å². The Kier molecular flexibility index (Phi) is 6.71. The molecule has 2 heterocycles. The predicted octanol–water partition coefficient (Wildman–Crippen LogP) is 2.43. The number of rotatable bonds is 5. The van der Waals surface area contributed by atoms with Crippen LogP contribution in [0.3, 0.4) is 0 Å². The molecule has 10 nitrogen and oxygen atoms in total. The van der Waals surface area contributed by atoms with Gasteiger partial charge in [-0.25, -0.2) is 0 Å². The number of nitro groups is 1. The van der Waals surface area contributed by atoms with Crippen molar-refractivity contribution >= 4 is 29.1 Å². The molecule has 1 N–H and O–H groups in total. The van der Waals surface area contributed by atoms with Gasteiger partial charge in [0.05, 0.1) is 24.0 Å². The van der Waals surface area contributed by atoms with E-state index in [9.17, 15) is 24.5 Å². The van der Waals surface area contributed by atoms with Crippen molar-refractivity contribution < 1.29 is 24.0 Å². The topological polar surface area (TPSA) is 122 Å². The van der Waals surface area contributed by atoms with Crippen LogP contribution in [0.15, 0.2) is 18.2 Å². The summed E-state index contributed by atoms with van der Waals surface area (Å²) >= 11 is 0. The minimum atomic E-state index is -0.566. The van der Waals surface area contributed by atoms with Gasteiger partial charge in [0, 0.05) is 37.5 Å². The molecule has 0 spiro atoms. The third-order valence-electron chi connectivity index (χ3n) is 6.12. The number of likely N-dealkylation sites (tertiary alicyclic amines) is 2. The van der Waals surface area contributed by atoms with Gasteiger partial charge in [-0.1, -0.05) is 0 Å². The zero-order valence-corrected chi connectivity index (χ0v) is 18.9. The van der Waals surface area contributed by atoms with Crippen LogP contribution in [0, 0.1) is 22.0 Å². The number of carbonyl (C=O) groups is 3. The van der Waals surface area contributed by atoms with Gasteiger partial charge in [0.2, 0.25) is 17.7 Å². The molecular formula is C22H30N4O6. The lowest BCUT2D eigenvalue weighted by Crippen LogP contribution is -2.46. The molecule has 10 heteroatoms. The van der Waals surface area contributed by atoms with Gasteiger partial charge in [-0.05, 0) is 45.7 Å². The molecule has 0 aliphatic carbocycles. The van der Waals surface area contributed by atoms with E-state index >= 15 is 0 Å². The van der Waals surface area contributed by atoms with Crippen LogP contribution in [0.25, 0.3) is 0 Å². The fourth-order valence-electron chi connectivity index (χ4n) is 4.27. The second-order valence-corrected chi connectivity index (χ2v) is 9.31. The number of hydrogen-bond donors (Lipinski definition) is 1. The number of nitro benzene ring substituents is 1. The van der Waals surface area contributed by atoms with Gasteiger partial charge < -0.3 is 19.9 Å². The first kappa shape index (κ1) is 23.5. The average Bonchev–Trinajstić information content (AvgIpc) is 3.15. The Labute approximate surface area is 187 Å². The Morgan fingerprint density at radius 3 is 2.38 bits per heavy atom. The second kappa shape index (κ2) is 9.13. The fraction of sp³-hybridized carbons (Fsp3) is 0.591. The quantitative estimate of drug-likeness (QED) is 0.548. The first-order valence-corrected chi connectivity index (χ1v) is 10.7. The van der Waals surface area contributed by atoms with Gasteiger partial charge in [-0.3, -0.25) is 24.5 Å². The third-order valence-corrected chi connectivity index (χ3v) is 6.12. The summed E-state index contributed by atoms with van der Waals surface area (Å²) in [6.45, 7) is 7.12. The molecular weight excluding hydrogens is 416 g/mol. The highest BCUT2D eigenvalue weighted by Crippen LogP contribution is 2.31. The van der Waals surface area contributed by atoms with Crippen molar-refractivity contribution in [2.45, 2.75) is 45.6 Å². The molecule has 2 fully saturated rings. The van der Waals surface area contributed by atoms with Crippen molar-refractivity contribution in [3.63, 3.8) is 0 Å². The molecule has 32 heavy (non-hydrogen) atoms. The number of nitrogens with zero attached hydrogens (tertiary/aromatic N) is 3. The predicted molar refractivity (Wildman–Crippen MR) is 117 cm³/mol. The largest absolute Gasteiger partial charge is 0.496 e. The van der Waals surface area contributed by atoms with Crippen LogP contribution >= 0.6 is 0 Å². The van der Waals surface area contributed by atoms with Gasteiger partial charge in [0.15, 0.2) is 0 Å². The lowest BCUT2D eigenvalue weighted by atomic mass is 9.94. The Morgan fingerprint density at radius 2 is 1.84 bits per heavy atom. The Balaban J connectivity index is 1.57. The van der Waals surface area contributed by atoms with Gasteiger partial charge in [-0.15, -0.1) is 0 Å². The number of carbonyl (C=O) groups excluding carboxylic acids is 3. The van der Waals surface area contributed by atoms with E-state index in [0.717, 1.165) is 0 Å². The number of hydrogen-bond acceptors (Lipinski definition) is 6. The standard InChI is InChI=1S/C22H30N4O6/c1-22(2,3)25-13-15(11-19(25)27)21(29)24-9-7-14(8-10-24)20(28)23-17-6-5-16(32-4)12-18(17)26(30)31/h5-6,12,14-15H,7-11,13H2,1-4H3,(H,23,28). The van der Waals surface area contributed by atoms with E-state index < -0.39 is 4.92 Å². The van der Waals surface area contributed by atoms with Crippen molar-refractivity contribution in [1.82, 2.24) is 9.80 Å². The second-order valence-electron chi connectivity index (χ2n) is 9.31. The normalized spacial score (nSPS) is 19.8. The van der Waals surface area contributed by atoms with Gasteiger partial charge in [-0.2, -0.15) is 0 Å². The zero-order valence-electron chi connectivity index (χ0n) is 18.9. The number of methoxy groups -OCH3 is 1. The van der Waals surface area contributed by atoms with Crippen molar-refractivity contribution in [1.29, 1.82) is 0 Å². The average molecular weight is 447 g/mol. The monoisotopic (exact) mass is 446 g/mol. The highest BCUT2D eigenvalue weighted by molar-refractivity contribution is 5.95. The van der Waals surface area contributed by atoms with Crippen LogP contribution < -0.4 is 10.1 Å². The van der Waals surface area contributed by atoms with Crippen LogP contribution in [0.5, 0.6) is 5.75 Å². The molecule has 1 aromatic rings. The van der Waals surface area contributed by atoms with Crippen molar-refractivity contribution in [2.24, 2.45) is 11.8 Å². The van der Waals surface area contributed by atoms with E-state index in [1.54, 1.807) is 15.9 Å². The van der Waals surface area contributed by atoms with Gasteiger partial charge in [0.1, 0.15) is 11.4 Å². The van der Waals surface area contributed by atoms with E-state index in [-0.39, 0.29) is 52.9 Å². The summed E-state index contributed by atoms with van der Waals surface area (Å²) in [5, 5.41) is 14.0. The molecule has 0 radical (unpaired) electrons. The fourth-order valence-corrected chi connectivity index (χ4v) is 4.27. The molecule has 0 aromatic heterocycles. The SMILES string of the molecule is COc1ccc(NC(=O)C2CCN(C(=O)C3CC(=O)N(C(C)(C)C)C3)CC2)c([N+](=O)[O-])c1. The highest BCUT2D eigenvalue weighted by Gasteiger charge is 2.41. The summed E-state index contributed by atoms with van der Waals surface area (Å²) in [5.41, 5.74) is -0.438. The first-order chi connectivity index (χ1) is 15.0. The Morgan fingerprint density at radius 1 is 1.19 bits per heavy atom. The van der Waals surface area contributed by atoms with Crippen LogP contribution in [0.2, 0.25) is 0 Å². The molecule has 1 unspecified atom stereocenters. The van der Waals surface area contributed by atoms with E-state index in [4.69, 9.17) is 4.74 Å². The summed E-state index contributed by atoms with van der Waals surface area (Å²) < 4.78 is 5.01. The van der Waals surface area contributed by atoms with E-state index in [1.807, 2.05) is 20.8 Å². The molecule has 174 valence electrons. The maximum atomic E-state index is 12.9. The number of benzene rings is 1. The summed E-state index contributed by atoms with van der Waals surface area (Å²) in [7, 11) is 1.41. The van der Waals surface area contributed by atoms with Gasteiger partial charge >= 0.3 is 0 Å². The molecule has 1 atom stereocenters. The summed E-state index contributed by atoms with van der Waals surface area (Å²) in [6.07, 6.45) is 1.15. The Hall–Kier alpha value is -3.17. The molecule has 1 aromatic carbocycles. The van der Waals surface area contributed by atoms with Crippen LogP contribution in [-0.2, 0) is 14.4 Å². The van der Waals surface area contributed by atoms with Crippen LogP contribution in [0.1, 0.15) is 40.0 Å². The number of piperidine rings is 1. The number of nitrogens with one attached hydrogen (secondary N) is 1. The van der Waals surface area contributed by atoms with Crippen molar-refractivity contribution in [2.75, 3.05) is 32.1 Å². The summed E-state index contributed by atoms with van der Waals surface area (Å²) in [5.74, 6) is -0.732. The molecule has 0 saturated carbocycles. The molecule has 3 amide bonds. The molecule has 2 aliphatic heterocycles. The Bertz CT molecular complexity index is 917. The molecule has 3 rings (SSSR count). The highest BCUT2D eigenvalue weighted by atomic mass is 16.6. The smallest absolute Gasteiger partial charge is 0.296 e. The van der Waals surface area contributed by atoms with Gasteiger partial charge in [0.25, 0.3) is 5.69 Å². The summed E-state index contributed by atoms with van der Waals surface area (Å²) in [6, 6.07) is 4.26. The maximum Gasteiger partial charge on any atom is 0.296 e. The zero-order chi connectivity index (χ0) is 23.6. The third kappa shape index (κ3) is 5.00. The van der Waals surface area contributed by atoms with Crippen molar-refractivity contribution in [3.8, 4) is 5.75 Å².